The maximum absolute atomic E-state index is 9.62. The molecule has 0 aromatic heterocycles. The van der Waals surface area contributed by atoms with Gasteiger partial charge in [-0.2, -0.15) is 10.5 Å². The van der Waals surface area contributed by atoms with Gasteiger partial charge in [0.15, 0.2) is 0 Å². The summed E-state index contributed by atoms with van der Waals surface area (Å²) in [5.41, 5.74) is 4.58. The first-order valence-corrected chi connectivity index (χ1v) is 7.53. The third-order valence-electron chi connectivity index (χ3n) is 4.96. The van der Waals surface area contributed by atoms with Crippen molar-refractivity contribution in [1.29, 1.82) is 10.5 Å². The van der Waals surface area contributed by atoms with E-state index in [9.17, 15) is 10.5 Å². The number of benzene rings is 2. The molecule has 2 aromatic rings. The Bertz CT molecular complexity index is 850. The normalized spacial score (nSPS) is 24.4. The summed E-state index contributed by atoms with van der Waals surface area (Å²) in [7, 11) is 0. The SMILES string of the molecule is N#Cc1ccc2c(c1C#N)C(c1ccccc1)CC1C=CC21. The second-order valence-electron chi connectivity index (χ2n) is 5.99. The van der Waals surface area contributed by atoms with E-state index in [0.717, 1.165) is 12.0 Å². The van der Waals surface area contributed by atoms with Gasteiger partial charge >= 0.3 is 0 Å². The lowest BCUT2D eigenvalue weighted by atomic mass is 9.62. The number of rotatable bonds is 1. The van der Waals surface area contributed by atoms with E-state index in [1.165, 1.54) is 11.1 Å². The maximum Gasteiger partial charge on any atom is 0.101 e. The molecule has 0 fully saturated rings. The molecule has 0 amide bonds. The molecule has 22 heavy (non-hydrogen) atoms. The first-order valence-electron chi connectivity index (χ1n) is 7.53. The zero-order valence-electron chi connectivity index (χ0n) is 12.0. The monoisotopic (exact) mass is 282 g/mol. The summed E-state index contributed by atoms with van der Waals surface area (Å²) in [6.07, 6.45) is 5.51. The molecule has 0 spiro atoms. The van der Waals surface area contributed by atoms with Gasteiger partial charge in [-0.15, -0.1) is 0 Å². The topological polar surface area (TPSA) is 47.6 Å². The van der Waals surface area contributed by atoms with Gasteiger partial charge in [0.05, 0.1) is 11.1 Å². The minimum absolute atomic E-state index is 0.199. The van der Waals surface area contributed by atoms with E-state index in [-0.39, 0.29) is 5.92 Å². The predicted octanol–water partition coefficient (Wildman–Crippen LogP) is 4.24. The van der Waals surface area contributed by atoms with Crippen LogP contribution in [0.5, 0.6) is 0 Å². The lowest BCUT2D eigenvalue weighted by Crippen LogP contribution is -2.28. The number of hydrogen-bond acceptors (Lipinski definition) is 2. The van der Waals surface area contributed by atoms with E-state index in [1.807, 2.05) is 24.3 Å². The molecule has 0 saturated heterocycles. The quantitative estimate of drug-likeness (QED) is 0.735. The highest BCUT2D eigenvalue weighted by Gasteiger charge is 2.38. The van der Waals surface area contributed by atoms with Crippen LogP contribution in [0.25, 0.3) is 0 Å². The van der Waals surface area contributed by atoms with Crippen molar-refractivity contribution in [3.63, 3.8) is 0 Å². The van der Waals surface area contributed by atoms with Gasteiger partial charge in [-0.3, -0.25) is 0 Å². The van der Waals surface area contributed by atoms with Crippen molar-refractivity contribution in [3.05, 3.63) is 82.4 Å². The van der Waals surface area contributed by atoms with Gasteiger partial charge in [0.1, 0.15) is 12.1 Å². The first kappa shape index (κ1) is 12.9. The van der Waals surface area contributed by atoms with Crippen LogP contribution in [0, 0.1) is 28.6 Å². The molecule has 0 radical (unpaired) electrons. The van der Waals surface area contributed by atoms with E-state index < -0.39 is 0 Å². The highest BCUT2D eigenvalue weighted by molar-refractivity contribution is 5.60. The molecule has 2 heteroatoms. The molecule has 3 unspecified atom stereocenters. The van der Waals surface area contributed by atoms with Crippen LogP contribution in [-0.4, -0.2) is 0 Å². The zero-order chi connectivity index (χ0) is 15.1. The van der Waals surface area contributed by atoms with Crippen molar-refractivity contribution in [2.45, 2.75) is 18.3 Å². The standard InChI is InChI=1S/C20H14N2/c21-11-15-7-9-17-16-8-6-14(16)10-18(20(17)19(15)12-22)13-4-2-1-3-5-13/h1-9,14,16,18H,10H2. The van der Waals surface area contributed by atoms with Crippen LogP contribution in [-0.2, 0) is 0 Å². The van der Waals surface area contributed by atoms with Crippen molar-refractivity contribution in [3.8, 4) is 12.1 Å². The minimum atomic E-state index is 0.199. The Morgan fingerprint density at radius 1 is 0.909 bits per heavy atom. The smallest absolute Gasteiger partial charge is 0.101 e. The predicted molar refractivity (Wildman–Crippen MR) is 84.1 cm³/mol. The van der Waals surface area contributed by atoms with E-state index in [0.29, 0.717) is 23.0 Å². The van der Waals surface area contributed by atoms with Crippen molar-refractivity contribution >= 4 is 0 Å². The van der Waals surface area contributed by atoms with Gasteiger partial charge < -0.3 is 0 Å². The highest BCUT2D eigenvalue weighted by atomic mass is 14.4. The van der Waals surface area contributed by atoms with Gasteiger partial charge in [-0.25, -0.2) is 0 Å². The highest BCUT2D eigenvalue weighted by Crippen LogP contribution is 2.51. The Kier molecular flexibility index (Phi) is 2.84. The molecular formula is C20H14N2. The van der Waals surface area contributed by atoms with Gasteiger partial charge in [-0.05, 0) is 35.1 Å². The van der Waals surface area contributed by atoms with Crippen molar-refractivity contribution in [2.75, 3.05) is 0 Å². The molecule has 104 valence electrons. The van der Waals surface area contributed by atoms with Gasteiger partial charge in [0, 0.05) is 11.8 Å². The van der Waals surface area contributed by atoms with E-state index >= 15 is 0 Å². The third kappa shape index (κ3) is 1.71. The van der Waals surface area contributed by atoms with Crippen LogP contribution >= 0.6 is 0 Å². The second-order valence-corrected chi connectivity index (χ2v) is 5.99. The molecule has 2 aromatic carbocycles. The van der Waals surface area contributed by atoms with Crippen LogP contribution in [0.3, 0.4) is 0 Å². The summed E-state index contributed by atoms with van der Waals surface area (Å²) in [5, 5.41) is 18.9. The summed E-state index contributed by atoms with van der Waals surface area (Å²) in [4.78, 5) is 0. The molecule has 4 rings (SSSR count). The molecular weight excluding hydrogens is 268 g/mol. The average Bonchev–Trinajstić information content (AvgIpc) is 2.55. The molecule has 2 aliphatic carbocycles. The molecule has 2 aliphatic rings. The fourth-order valence-corrected chi connectivity index (χ4v) is 3.83. The van der Waals surface area contributed by atoms with Crippen molar-refractivity contribution in [1.82, 2.24) is 0 Å². The third-order valence-corrected chi connectivity index (χ3v) is 4.96. The Balaban J connectivity index is 1.98. The molecule has 2 nitrogen and oxygen atoms in total. The maximum atomic E-state index is 9.62. The molecule has 0 bridgehead atoms. The Morgan fingerprint density at radius 3 is 2.36 bits per heavy atom. The van der Waals surface area contributed by atoms with Gasteiger partial charge in [-0.1, -0.05) is 48.6 Å². The summed E-state index contributed by atoms with van der Waals surface area (Å²) in [6, 6.07) is 18.6. The lowest BCUT2D eigenvalue weighted by molar-refractivity contribution is 0.430. The van der Waals surface area contributed by atoms with Crippen molar-refractivity contribution in [2.24, 2.45) is 5.92 Å². The van der Waals surface area contributed by atoms with E-state index in [1.54, 1.807) is 6.07 Å². The minimum Gasteiger partial charge on any atom is -0.192 e. The fourth-order valence-electron chi connectivity index (χ4n) is 3.83. The number of nitriles is 2. The summed E-state index contributed by atoms with van der Waals surface area (Å²) < 4.78 is 0. The van der Waals surface area contributed by atoms with Crippen LogP contribution in [0.4, 0.5) is 0 Å². The molecule has 0 heterocycles. The van der Waals surface area contributed by atoms with Crippen molar-refractivity contribution < 1.29 is 0 Å². The van der Waals surface area contributed by atoms with E-state index in [4.69, 9.17) is 0 Å². The lowest BCUT2D eigenvalue weighted by Gasteiger charge is -2.41. The molecule has 3 atom stereocenters. The fraction of sp³-hybridized carbons (Fsp3) is 0.200. The van der Waals surface area contributed by atoms with Crippen LogP contribution < -0.4 is 0 Å². The second kappa shape index (κ2) is 4.86. The first-order chi connectivity index (χ1) is 10.8. The molecule has 0 N–H and O–H groups in total. The van der Waals surface area contributed by atoms with Gasteiger partial charge in [0.25, 0.3) is 0 Å². The van der Waals surface area contributed by atoms with Gasteiger partial charge in [0.2, 0.25) is 0 Å². The number of hydrogen-bond donors (Lipinski definition) is 0. The van der Waals surface area contributed by atoms with Crippen LogP contribution in [0.1, 0.15) is 46.1 Å². The largest absolute Gasteiger partial charge is 0.192 e. The number of fused-ring (bicyclic) bond motifs is 3. The number of allylic oxidation sites excluding steroid dienone is 2. The Hall–Kier alpha value is -2.84. The van der Waals surface area contributed by atoms with Crippen LogP contribution in [0.15, 0.2) is 54.6 Å². The zero-order valence-corrected chi connectivity index (χ0v) is 12.0. The van der Waals surface area contributed by atoms with Crippen LogP contribution in [0.2, 0.25) is 0 Å². The number of nitrogens with zero attached hydrogens (tertiary/aromatic N) is 2. The Labute approximate surface area is 129 Å². The summed E-state index contributed by atoms with van der Waals surface area (Å²) in [5.74, 6) is 1.16. The molecule has 0 aliphatic heterocycles. The molecule has 0 saturated carbocycles. The Morgan fingerprint density at radius 2 is 1.73 bits per heavy atom. The summed E-state index contributed by atoms with van der Waals surface area (Å²) >= 11 is 0. The summed E-state index contributed by atoms with van der Waals surface area (Å²) in [6.45, 7) is 0. The van der Waals surface area contributed by atoms with E-state index in [2.05, 4.69) is 36.4 Å². The average molecular weight is 282 g/mol.